The molecule has 1 amide bonds. The van der Waals surface area contributed by atoms with Gasteiger partial charge in [0.15, 0.2) is 5.69 Å². The van der Waals surface area contributed by atoms with Crippen LogP contribution in [-0.2, 0) is 0 Å². The summed E-state index contributed by atoms with van der Waals surface area (Å²) in [7, 11) is 1.54. The zero-order valence-corrected chi connectivity index (χ0v) is 10.5. The summed E-state index contributed by atoms with van der Waals surface area (Å²) in [6, 6.07) is 6.34. The average Bonchev–Trinajstić information content (AvgIpc) is 2.87. The van der Waals surface area contributed by atoms with Crippen LogP contribution in [0.2, 0.25) is 0 Å². The molecule has 0 atom stereocenters. The third kappa shape index (κ3) is 2.47. The first-order chi connectivity index (χ1) is 9.02. The molecular formula is C13H13N3O3. The summed E-state index contributed by atoms with van der Waals surface area (Å²) in [5.74, 6) is -1.24. The minimum absolute atomic E-state index is 0.222. The molecule has 2 rings (SSSR count). The zero-order chi connectivity index (χ0) is 14.0. The van der Waals surface area contributed by atoms with E-state index in [1.165, 1.54) is 13.1 Å². The number of hydrogen-bond donors (Lipinski definition) is 2. The molecule has 6 heteroatoms. The van der Waals surface area contributed by atoms with Gasteiger partial charge >= 0.3 is 5.97 Å². The highest BCUT2D eigenvalue weighted by atomic mass is 16.4. The van der Waals surface area contributed by atoms with E-state index in [4.69, 9.17) is 5.11 Å². The number of benzene rings is 1. The Balaban J connectivity index is 2.39. The second-order valence-corrected chi connectivity index (χ2v) is 4.03. The molecule has 0 radical (unpaired) electrons. The molecule has 19 heavy (non-hydrogen) atoms. The second-order valence-electron chi connectivity index (χ2n) is 4.03. The summed E-state index contributed by atoms with van der Waals surface area (Å²) < 4.78 is 1.55. The summed E-state index contributed by atoms with van der Waals surface area (Å²) >= 11 is 0. The average molecular weight is 259 g/mol. The predicted molar refractivity (Wildman–Crippen MR) is 68.7 cm³/mol. The van der Waals surface area contributed by atoms with Crippen LogP contribution < -0.4 is 5.32 Å². The lowest BCUT2D eigenvalue weighted by Crippen LogP contribution is -2.18. The van der Waals surface area contributed by atoms with Gasteiger partial charge < -0.3 is 10.4 Å². The van der Waals surface area contributed by atoms with E-state index in [9.17, 15) is 9.59 Å². The Morgan fingerprint density at radius 2 is 2.05 bits per heavy atom. The van der Waals surface area contributed by atoms with E-state index in [0.717, 1.165) is 11.3 Å². The van der Waals surface area contributed by atoms with Gasteiger partial charge in [-0.25, -0.2) is 9.48 Å². The van der Waals surface area contributed by atoms with Gasteiger partial charge in [0, 0.05) is 13.2 Å². The van der Waals surface area contributed by atoms with Crippen molar-refractivity contribution in [1.82, 2.24) is 15.1 Å². The molecule has 6 nitrogen and oxygen atoms in total. The number of carbonyl (C=O) groups excluding carboxylic acids is 1. The van der Waals surface area contributed by atoms with Gasteiger partial charge in [-0.3, -0.25) is 4.79 Å². The van der Waals surface area contributed by atoms with Crippen LogP contribution in [0.3, 0.4) is 0 Å². The maximum Gasteiger partial charge on any atom is 0.335 e. The number of carboxylic acid groups (broad SMARTS) is 1. The van der Waals surface area contributed by atoms with Gasteiger partial charge in [0.05, 0.1) is 11.3 Å². The second kappa shape index (κ2) is 4.93. The monoisotopic (exact) mass is 259 g/mol. The van der Waals surface area contributed by atoms with Crippen LogP contribution in [0, 0.1) is 6.92 Å². The van der Waals surface area contributed by atoms with Gasteiger partial charge in [-0.2, -0.15) is 5.10 Å². The molecule has 0 saturated carbocycles. The lowest BCUT2D eigenvalue weighted by Gasteiger charge is -2.06. The largest absolute Gasteiger partial charge is 0.478 e. The van der Waals surface area contributed by atoms with Crippen LogP contribution in [0.1, 0.15) is 26.4 Å². The molecule has 1 aromatic heterocycles. The van der Waals surface area contributed by atoms with Crippen LogP contribution in [0.25, 0.3) is 5.69 Å². The first-order valence-corrected chi connectivity index (χ1v) is 5.65. The Bertz CT molecular complexity index is 646. The fourth-order valence-corrected chi connectivity index (χ4v) is 1.75. The van der Waals surface area contributed by atoms with Gasteiger partial charge in [-0.15, -0.1) is 0 Å². The van der Waals surface area contributed by atoms with Crippen LogP contribution in [0.5, 0.6) is 0 Å². The lowest BCUT2D eigenvalue weighted by atomic mass is 10.1. The maximum absolute atomic E-state index is 11.4. The number of nitrogens with zero attached hydrogens (tertiary/aromatic N) is 2. The molecule has 0 fully saturated rings. The highest BCUT2D eigenvalue weighted by Gasteiger charge is 2.11. The van der Waals surface area contributed by atoms with Crippen LogP contribution >= 0.6 is 0 Å². The number of hydrogen-bond acceptors (Lipinski definition) is 3. The molecule has 0 saturated heterocycles. The van der Waals surface area contributed by atoms with Crippen molar-refractivity contribution in [3.05, 3.63) is 47.3 Å². The molecule has 2 N–H and O–H groups in total. The number of nitrogens with one attached hydrogen (secondary N) is 1. The van der Waals surface area contributed by atoms with Gasteiger partial charge in [-0.1, -0.05) is 0 Å². The molecule has 98 valence electrons. The first-order valence-electron chi connectivity index (χ1n) is 5.65. The highest BCUT2D eigenvalue weighted by Crippen LogP contribution is 2.15. The SMILES string of the molecule is CNC(=O)c1ccn(-c2ccc(C(=O)O)cc2C)n1. The van der Waals surface area contributed by atoms with Crippen molar-refractivity contribution in [1.29, 1.82) is 0 Å². The molecule has 0 aliphatic heterocycles. The lowest BCUT2D eigenvalue weighted by molar-refractivity contribution is 0.0696. The summed E-state index contributed by atoms with van der Waals surface area (Å²) in [6.07, 6.45) is 1.66. The van der Waals surface area contributed by atoms with Crippen molar-refractivity contribution in [3.63, 3.8) is 0 Å². The number of aromatic nitrogens is 2. The standard InChI is InChI=1S/C13H13N3O3/c1-8-7-9(13(18)19)3-4-11(8)16-6-5-10(15-16)12(17)14-2/h3-7H,1-2H3,(H,14,17)(H,18,19). The molecule has 0 unspecified atom stereocenters. The Morgan fingerprint density at radius 1 is 1.32 bits per heavy atom. The molecule has 2 aromatic rings. The van der Waals surface area contributed by atoms with Gasteiger partial charge in [0.25, 0.3) is 5.91 Å². The third-order valence-electron chi connectivity index (χ3n) is 2.74. The Hall–Kier alpha value is -2.63. The summed E-state index contributed by atoms with van der Waals surface area (Å²) in [4.78, 5) is 22.3. The Morgan fingerprint density at radius 3 is 2.63 bits per heavy atom. The first kappa shape index (κ1) is 12.8. The summed E-state index contributed by atoms with van der Waals surface area (Å²) in [5.41, 5.74) is 2.04. The van der Waals surface area contributed by atoms with E-state index in [1.807, 2.05) is 0 Å². The van der Waals surface area contributed by atoms with Crippen LogP contribution in [0.15, 0.2) is 30.5 Å². The van der Waals surface area contributed by atoms with Gasteiger partial charge in [0.2, 0.25) is 0 Å². The summed E-state index contributed by atoms with van der Waals surface area (Å²) in [5, 5.41) is 15.5. The van der Waals surface area contributed by atoms with Crippen molar-refractivity contribution in [2.24, 2.45) is 0 Å². The number of aryl methyl sites for hydroxylation is 1. The third-order valence-corrected chi connectivity index (χ3v) is 2.74. The van der Waals surface area contributed by atoms with E-state index in [1.54, 1.807) is 36.0 Å². The van der Waals surface area contributed by atoms with E-state index in [0.29, 0.717) is 5.69 Å². The van der Waals surface area contributed by atoms with Gasteiger partial charge in [0.1, 0.15) is 0 Å². The van der Waals surface area contributed by atoms with E-state index >= 15 is 0 Å². The smallest absolute Gasteiger partial charge is 0.335 e. The number of carboxylic acids is 1. The minimum Gasteiger partial charge on any atom is -0.478 e. The zero-order valence-electron chi connectivity index (χ0n) is 10.5. The fraction of sp³-hybridized carbons (Fsp3) is 0.154. The highest BCUT2D eigenvalue weighted by molar-refractivity contribution is 5.92. The van der Waals surface area contributed by atoms with Crippen LogP contribution in [-0.4, -0.2) is 33.8 Å². The summed E-state index contributed by atoms with van der Waals surface area (Å²) in [6.45, 7) is 1.79. The van der Waals surface area contributed by atoms with Crippen molar-refractivity contribution >= 4 is 11.9 Å². The van der Waals surface area contributed by atoms with Crippen molar-refractivity contribution in [2.45, 2.75) is 6.92 Å². The number of aromatic carboxylic acids is 1. The molecule has 0 spiro atoms. The molecular weight excluding hydrogens is 246 g/mol. The molecule has 0 aliphatic rings. The Kier molecular flexibility index (Phi) is 3.33. The normalized spacial score (nSPS) is 10.2. The van der Waals surface area contributed by atoms with E-state index in [-0.39, 0.29) is 11.5 Å². The van der Waals surface area contributed by atoms with E-state index in [2.05, 4.69) is 10.4 Å². The van der Waals surface area contributed by atoms with Crippen molar-refractivity contribution in [3.8, 4) is 5.69 Å². The number of amides is 1. The maximum atomic E-state index is 11.4. The quantitative estimate of drug-likeness (QED) is 0.868. The predicted octanol–water partition coefficient (Wildman–Crippen LogP) is 1.24. The van der Waals surface area contributed by atoms with Crippen molar-refractivity contribution in [2.75, 3.05) is 7.05 Å². The molecule has 0 aliphatic carbocycles. The van der Waals surface area contributed by atoms with Crippen LogP contribution in [0.4, 0.5) is 0 Å². The van der Waals surface area contributed by atoms with Gasteiger partial charge in [-0.05, 0) is 36.8 Å². The Labute approximate surface area is 109 Å². The van der Waals surface area contributed by atoms with Crippen molar-refractivity contribution < 1.29 is 14.7 Å². The molecule has 0 bridgehead atoms. The van der Waals surface area contributed by atoms with E-state index < -0.39 is 5.97 Å². The molecule has 1 heterocycles. The fourth-order valence-electron chi connectivity index (χ4n) is 1.75. The number of rotatable bonds is 3. The molecule has 1 aromatic carbocycles. The number of carbonyl (C=O) groups is 2. The topological polar surface area (TPSA) is 84.2 Å². The minimum atomic E-state index is -0.971.